The lowest BCUT2D eigenvalue weighted by molar-refractivity contribution is 0.0952. The van der Waals surface area contributed by atoms with E-state index in [1.54, 1.807) is 24.3 Å². The normalized spacial score (nSPS) is 15.7. The van der Waals surface area contributed by atoms with Gasteiger partial charge in [0.05, 0.1) is 5.75 Å². The van der Waals surface area contributed by atoms with E-state index in [1.807, 2.05) is 0 Å². The highest BCUT2D eigenvalue weighted by Crippen LogP contribution is 2.09. The van der Waals surface area contributed by atoms with E-state index in [2.05, 4.69) is 10.2 Å². The van der Waals surface area contributed by atoms with Crippen LogP contribution in [0.3, 0.4) is 0 Å². The Morgan fingerprint density at radius 2 is 1.78 bits per heavy atom. The molecule has 1 N–H and O–H groups in total. The molecule has 0 unspecified atom stereocenters. The Morgan fingerprint density at radius 1 is 1.13 bits per heavy atom. The van der Waals surface area contributed by atoms with Gasteiger partial charge in [-0.2, -0.15) is 0 Å². The van der Waals surface area contributed by atoms with Gasteiger partial charge in [0.15, 0.2) is 9.84 Å². The standard InChI is InChI=1S/C17H26N2O3S/c1-23(21,22)14-15-6-8-16(9-7-15)17(20)18-10-2-3-11-19-12-4-5-13-19/h6-9H,2-5,10-14H2,1H3,(H,18,20). The first-order valence-electron chi connectivity index (χ1n) is 8.21. The van der Waals surface area contributed by atoms with Crippen molar-refractivity contribution in [3.8, 4) is 0 Å². The minimum atomic E-state index is -3.04. The van der Waals surface area contributed by atoms with E-state index in [0.717, 1.165) is 19.4 Å². The summed E-state index contributed by atoms with van der Waals surface area (Å²) in [6, 6.07) is 6.76. The maximum atomic E-state index is 12.0. The Morgan fingerprint density at radius 3 is 2.39 bits per heavy atom. The molecule has 1 saturated heterocycles. The summed E-state index contributed by atoms with van der Waals surface area (Å²) in [6.07, 6.45) is 5.91. The van der Waals surface area contributed by atoms with E-state index < -0.39 is 9.84 Å². The van der Waals surface area contributed by atoms with Gasteiger partial charge in [0.1, 0.15) is 0 Å². The molecule has 0 atom stereocenters. The van der Waals surface area contributed by atoms with Crippen molar-refractivity contribution in [3.63, 3.8) is 0 Å². The molecule has 128 valence electrons. The molecule has 0 spiro atoms. The van der Waals surface area contributed by atoms with Crippen LogP contribution in [0.15, 0.2) is 24.3 Å². The van der Waals surface area contributed by atoms with E-state index in [-0.39, 0.29) is 11.7 Å². The molecule has 0 aliphatic carbocycles. The fourth-order valence-corrected chi connectivity index (χ4v) is 3.62. The van der Waals surface area contributed by atoms with Gasteiger partial charge in [0, 0.05) is 18.4 Å². The number of unbranched alkanes of at least 4 members (excludes halogenated alkanes) is 1. The van der Waals surface area contributed by atoms with Gasteiger partial charge >= 0.3 is 0 Å². The van der Waals surface area contributed by atoms with E-state index in [4.69, 9.17) is 0 Å². The Kier molecular flexibility index (Phi) is 6.59. The molecule has 1 heterocycles. The van der Waals surface area contributed by atoms with Crippen molar-refractivity contribution in [3.05, 3.63) is 35.4 Å². The van der Waals surface area contributed by atoms with Crippen LogP contribution in [0.4, 0.5) is 0 Å². The maximum Gasteiger partial charge on any atom is 0.251 e. The van der Waals surface area contributed by atoms with Crippen LogP contribution in [0.1, 0.15) is 41.6 Å². The van der Waals surface area contributed by atoms with E-state index in [1.165, 1.54) is 32.2 Å². The second kappa shape index (κ2) is 8.45. The summed E-state index contributed by atoms with van der Waals surface area (Å²) in [5, 5.41) is 2.92. The number of sulfone groups is 1. The minimum Gasteiger partial charge on any atom is -0.352 e. The zero-order valence-electron chi connectivity index (χ0n) is 13.8. The van der Waals surface area contributed by atoms with Crippen molar-refractivity contribution in [2.75, 3.05) is 32.4 Å². The molecule has 1 amide bonds. The van der Waals surface area contributed by atoms with E-state index in [9.17, 15) is 13.2 Å². The fraction of sp³-hybridized carbons (Fsp3) is 0.588. The predicted molar refractivity (Wildman–Crippen MR) is 92.2 cm³/mol. The summed E-state index contributed by atoms with van der Waals surface area (Å²) in [5.74, 6) is -0.0946. The smallest absolute Gasteiger partial charge is 0.251 e. The summed E-state index contributed by atoms with van der Waals surface area (Å²) in [6.45, 7) is 4.23. The predicted octanol–water partition coefficient (Wildman–Crippen LogP) is 1.84. The monoisotopic (exact) mass is 338 g/mol. The Bertz CT molecular complexity index is 605. The van der Waals surface area contributed by atoms with Crippen molar-refractivity contribution < 1.29 is 13.2 Å². The number of carbonyl (C=O) groups is 1. The number of amides is 1. The number of nitrogens with zero attached hydrogens (tertiary/aromatic N) is 1. The molecular weight excluding hydrogens is 312 g/mol. The van der Waals surface area contributed by atoms with Crippen molar-refractivity contribution in [2.45, 2.75) is 31.4 Å². The molecule has 1 aliphatic heterocycles. The zero-order valence-corrected chi connectivity index (χ0v) is 14.6. The van der Waals surface area contributed by atoms with Crippen LogP contribution >= 0.6 is 0 Å². The Hall–Kier alpha value is -1.40. The molecule has 0 aromatic heterocycles. The topological polar surface area (TPSA) is 66.5 Å². The molecule has 2 rings (SSSR count). The largest absolute Gasteiger partial charge is 0.352 e. The Labute approximate surface area is 139 Å². The van der Waals surface area contributed by atoms with Crippen molar-refractivity contribution in [2.24, 2.45) is 0 Å². The van der Waals surface area contributed by atoms with Crippen LogP contribution in [0, 0.1) is 0 Å². The first kappa shape index (κ1) is 17.9. The highest BCUT2D eigenvalue weighted by Gasteiger charge is 2.11. The zero-order chi connectivity index (χ0) is 16.7. The lowest BCUT2D eigenvalue weighted by Crippen LogP contribution is -2.26. The first-order valence-corrected chi connectivity index (χ1v) is 10.3. The van der Waals surface area contributed by atoms with Crippen LogP contribution in [0.25, 0.3) is 0 Å². The number of rotatable bonds is 8. The molecule has 1 aliphatic rings. The molecule has 0 bridgehead atoms. The molecule has 1 aromatic carbocycles. The van der Waals surface area contributed by atoms with Crippen molar-refractivity contribution in [1.29, 1.82) is 0 Å². The Balaban J connectivity index is 1.68. The van der Waals surface area contributed by atoms with Gasteiger partial charge < -0.3 is 10.2 Å². The molecule has 5 nitrogen and oxygen atoms in total. The number of hydrogen-bond donors (Lipinski definition) is 1. The van der Waals surface area contributed by atoms with Gasteiger partial charge in [-0.05, 0) is 63.0 Å². The number of likely N-dealkylation sites (tertiary alicyclic amines) is 1. The summed E-state index contributed by atoms with van der Waals surface area (Å²) in [5.41, 5.74) is 1.27. The van der Waals surface area contributed by atoms with Gasteiger partial charge in [0.2, 0.25) is 0 Å². The SMILES string of the molecule is CS(=O)(=O)Cc1ccc(C(=O)NCCCCN2CCCC2)cc1. The molecule has 1 fully saturated rings. The number of carbonyl (C=O) groups excluding carboxylic acids is 1. The molecule has 23 heavy (non-hydrogen) atoms. The first-order chi connectivity index (χ1) is 10.9. The van der Waals surface area contributed by atoms with Gasteiger partial charge in [-0.25, -0.2) is 8.42 Å². The molecule has 6 heteroatoms. The van der Waals surface area contributed by atoms with Crippen LogP contribution in [-0.4, -0.2) is 51.7 Å². The second-order valence-electron chi connectivity index (χ2n) is 6.28. The lowest BCUT2D eigenvalue weighted by Gasteiger charge is -2.14. The molecule has 1 aromatic rings. The quantitative estimate of drug-likeness (QED) is 0.735. The van der Waals surface area contributed by atoms with E-state index >= 15 is 0 Å². The number of hydrogen-bond acceptors (Lipinski definition) is 4. The third-order valence-electron chi connectivity index (χ3n) is 4.03. The van der Waals surface area contributed by atoms with Gasteiger partial charge in [0.25, 0.3) is 5.91 Å². The van der Waals surface area contributed by atoms with Crippen LogP contribution in [0.2, 0.25) is 0 Å². The molecule has 0 radical (unpaired) electrons. The highest BCUT2D eigenvalue weighted by atomic mass is 32.2. The third-order valence-corrected chi connectivity index (χ3v) is 4.89. The summed E-state index contributed by atoms with van der Waals surface area (Å²) < 4.78 is 22.5. The third kappa shape index (κ3) is 6.71. The summed E-state index contributed by atoms with van der Waals surface area (Å²) in [4.78, 5) is 14.5. The lowest BCUT2D eigenvalue weighted by atomic mass is 10.1. The minimum absolute atomic E-state index is 0.00536. The van der Waals surface area contributed by atoms with Gasteiger partial charge in [-0.3, -0.25) is 4.79 Å². The maximum absolute atomic E-state index is 12.0. The van der Waals surface area contributed by atoms with E-state index in [0.29, 0.717) is 17.7 Å². The molecule has 0 saturated carbocycles. The van der Waals surface area contributed by atoms with Crippen LogP contribution in [-0.2, 0) is 15.6 Å². The average Bonchev–Trinajstić information content (AvgIpc) is 2.99. The highest BCUT2D eigenvalue weighted by molar-refractivity contribution is 7.89. The number of nitrogens with one attached hydrogen (secondary N) is 1. The average molecular weight is 338 g/mol. The van der Waals surface area contributed by atoms with Gasteiger partial charge in [-0.15, -0.1) is 0 Å². The number of benzene rings is 1. The van der Waals surface area contributed by atoms with Crippen LogP contribution < -0.4 is 5.32 Å². The van der Waals surface area contributed by atoms with Crippen LogP contribution in [0.5, 0.6) is 0 Å². The van der Waals surface area contributed by atoms with Gasteiger partial charge in [-0.1, -0.05) is 12.1 Å². The van der Waals surface area contributed by atoms with Crippen molar-refractivity contribution in [1.82, 2.24) is 10.2 Å². The fourth-order valence-electron chi connectivity index (χ4n) is 2.83. The summed E-state index contributed by atoms with van der Waals surface area (Å²) >= 11 is 0. The summed E-state index contributed by atoms with van der Waals surface area (Å²) in [7, 11) is -3.04. The van der Waals surface area contributed by atoms with Crippen molar-refractivity contribution >= 4 is 15.7 Å². The molecular formula is C17H26N2O3S. The second-order valence-corrected chi connectivity index (χ2v) is 8.42.